The van der Waals surface area contributed by atoms with Gasteiger partial charge < -0.3 is 0 Å². The van der Waals surface area contributed by atoms with Crippen LogP contribution in [0.1, 0.15) is 29.9 Å². The van der Waals surface area contributed by atoms with Crippen molar-refractivity contribution in [2.24, 2.45) is 5.92 Å². The summed E-state index contributed by atoms with van der Waals surface area (Å²) in [4.78, 5) is 8.32. The summed E-state index contributed by atoms with van der Waals surface area (Å²) < 4.78 is 0. The fourth-order valence-corrected chi connectivity index (χ4v) is 2.42. The Morgan fingerprint density at radius 3 is 2.53 bits per heavy atom. The van der Waals surface area contributed by atoms with Gasteiger partial charge in [0.15, 0.2) is 0 Å². The first-order chi connectivity index (χ1) is 8.43. The summed E-state index contributed by atoms with van der Waals surface area (Å²) in [6, 6.07) is 8.48. The molecule has 2 heterocycles. The molecule has 86 valence electrons. The van der Waals surface area contributed by atoms with Crippen LogP contribution in [0.5, 0.6) is 0 Å². The van der Waals surface area contributed by atoms with E-state index in [0.717, 1.165) is 12.3 Å². The van der Waals surface area contributed by atoms with Gasteiger partial charge in [-0.15, -0.1) is 0 Å². The molecule has 0 N–H and O–H groups in total. The first-order valence-corrected chi connectivity index (χ1v) is 6.22. The molecule has 0 aromatic carbocycles. The molecule has 1 saturated carbocycles. The van der Waals surface area contributed by atoms with Crippen molar-refractivity contribution in [3.63, 3.8) is 0 Å². The van der Waals surface area contributed by atoms with Gasteiger partial charge >= 0.3 is 0 Å². The van der Waals surface area contributed by atoms with Crippen LogP contribution < -0.4 is 0 Å². The quantitative estimate of drug-likeness (QED) is 0.797. The lowest BCUT2D eigenvalue weighted by Gasteiger charge is -2.16. The predicted molar refractivity (Wildman–Crippen MR) is 67.6 cm³/mol. The Labute approximate surface area is 102 Å². The van der Waals surface area contributed by atoms with Crippen LogP contribution in [0, 0.1) is 5.92 Å². The zero-order valence-electron chi connectivity index (χ0n) is 9.79. The van der Waals surface area contributed by atoms with Crippen LogP contribution in [0.3, 0.4) is 0 Å². The Morgan fingerprint density at radius 1 is 1.06 bits per heavy atom. The van der Waals surface area contributed by atoms with E-state index in [2.05, 4.69) is 28.2 Å². The molecule has 2 aromatic rings. The highest BCUT2D eigenvalue weighted by atomic mass is 14.6. The molecule has 1 unspecified atom stereocenters. The summed E-state index contributed by atoms with van der Waals surface area (Å²) in [7, 11) is 0. The van der Waals surface area contributed by atoms with E-state index in [9.17, 15) is 0 Å². The predicted octanol–water partition coefficient (Wildman–Crippen LogP) is 3.21. The van der Waals surface area contributed by atoms with Gasteiger partial charge in [-0.3, -0.25) is 9.97 Å². The van der Waals surface area contributed by atoms with Gasteiger partial charge in [0.2, 0.25) is 0 Å². The number of nitrogens with zero attached hydrogens (tertiary/aromatic N) is 2. The monoisotopic (exact) mass is 224 g/mol. The van der Waals surface area contributed by atoms with Crippen molar-refractivity contribution in [3.05, 3.63) is 60.2 Å². The molecule has 0 spiro atoms. The summed E-state index contributed by atoms with van der Waals surface area (Å²) in [5.74, 6) is 1.48. The van der Waals surface area contributed by atoms with Crippen LogP contribution in [-0.4, -0.2) is 9.97 Å². The lowest BCUT2D eigenvalue weighted by atomic mass is 9.89. The lowest BCUT2D eigenvalue weighted by molar-refractivity contribution is 0.600. The Balaban J connectivity index is 1.82. The van der Waals surface area contributed by atoms with E-state index in [1.807, 2.05) is 30.9 Å². The van der Waals surface area contributed by atoms with E-state index in [-0.39, 0.29) is 0 Å². The number of rotatable bonds is 4. The van der Waals surface area contributed by atoms with Crippen LogP contribution in [0.25, 0.3) is 0 Å². The van der Waals surface area contributed by atoms with Gasteiger partial charge in [0.25, 0.3) is 0 Å². The zero-order valence-corrected chi connectivity index (χ0v) is 9.79. The molecule has 1 atom stereocenters. The van der Waals surface area contributed by atoms with Crippen LogP contribution in [-0.2, 0) is 6.42 Å². The molecular formula is C15H16N2. The minimum absolute atomic E-state index is 0.631. The molecule has 1 fully saturated rings. The third kappa shape index (κ3) is 2.52. The fourth-order valence-electron chi connectivity index (χ4n) is 2.42. The molecule has 0 aliphatic heterocycles. The zero-order chi connectivity index (χ0) is 11.5. The maximum atomic E-state index is 4.25. The molecule has 0 saturated heterocycles. The number of pyridine rings is 2. The van der Waals surface area contributed by atoms with Crippen molar-refractivity contribution >= 4 is 0 Å². The first-order valence-electron chi connectivity index (χ1n) is 6.22. The highest BCUT2D eigenvalue weighted by Crippen LogP contribution is 2.44. The second-order valence-corrected chi connectivity index (χ2v) is 4.79. The average molecular weight is 224 g/mol. The third-order valence-electron chi connectivity index (χ3n) is 3.51. The second-order valence-electron chi connectivity index (χ2n) is 4.79. The van der Waals surface area contributed by atoms with E-state index < -0.39 is 0 Å². The van der Waals surface area contributed by atoms with Crippen LogP contribution in [0.2, 0.25) is 0 Å². The summed E-state index contributed by atoms with van der Waals surface area (Å²) >= 11 is 0. The van der Waals surface area contributed by atoms with Gasteiger partial charge in [-0.25, -0.2) is 0 Å². The molecule has 1 aliphatic carbocycles. The lowest BCUT2D eigenvalue weighted by Crippen LogP contribution is -2.05. The topological polar surface area (TPSA) is 25.8 Å². The maximum absolute atomic E-state index is 4.25. The van der Waals surface area contributed by atoms with Crippen molar-refractivity contribution in [1.29, 1.82) is 0 Å². The molecule has 0 amide bonds. The highest BCUT2D eigenvalue weighted by molar-refractivity contribution is 5.22. The van der Waals surface area contributed by atoms with Gasteiger partial charge in [-0.1, -0.05) is 6.07 Å². The van der Waals surface area contributed by atoms with Crippen molar-refractivity contribution in [2.45, 2.75) is 25.2 Å². The summed E-state index contributed by atoms with van der Waals surface area (Å²) in [5, 5.41) is 0. The van der Waals surface area contributed by atoms with Gasteiger partial charge in [-0.05, 0) is 60.4 Å². The summed E-state index contributed by atoms with van der Waals surface area (Å²) in [6.07, 6.45) is 11.5. The van der Waals surface area contributed by atoms with E-state index in [4.69, 9.17) is 0 Å². The average Bonchev–Trinajstić information content (AvgIpc) is 3.23. The number of hydrogen-bond donors (Lipinski definition) is 0. The molecule has 3 rings (SSSR count). The van der Waals surface area contributed by atoms with Gasteiger partial charge in [0.1, 0.15) is 0 Å². The van der Waals surface area contributed by atoms with Crippen LogP contribution in [0.15, 0.2) is 49.1 Å². The Hall–Kier alpha value is -1.70. The van der Waals surface area contributed by atoms with Gasteiger partial charge in [-0.2, -0.15) is 0 Å². The summed E-state index contributed by atoms with van der Waals surface area (Å²) in [5.41, 5.74) is 2.76. The molecule has 1 aliphatic rings. The Morgan fingerprint density at radius 2 is 1.88 bits per heavy atom. The first kappa shape index (κ1) is 10.5. The van der Waals surface area contributed by atoms with Gasteiger partial charge in [0, 0.05) is 24.8 Å². The molecule has 2 aromatic heterocycles. The normalized spacial score (nSPS) is 16.7. The largest absolute Gasteiger partial charge is 0.265 e. The van der Waals surface area contributed by atoms with Crippen molar-refractivity contribution in [3.8, 4) is 0 Å². The van der Waals surface area contributed by atoms with Crippen molar-refractivity contribution < 1.29 is 0 Å². The summed E-state index contributed by atoms with van der Waals surface area (Å²) in [6.45, 7) is 0. The maximum Gasteiger partial charge on any atom is 0.0302 e. The molecular weight excluding hydrogens is 208 g/mol. The van der Waals surface area contributed by atoms with E-state index in [1.165, 1.54) is 24.0 Å². The highest BCUT2D eigenvalue weighted by Gasteiger charge is 2.32. The van der Waals surface area contributed by atoms with Crippen LogP contribution >= 0.6 is 0 Å². The van der Waals surface area contributed by atoms with Crippen molar-refractivity contribution in [1.82, 2.24) is 9.97 Å². The smallest absolute Gasteiger partial charge is 0.0302 e. The van der Waals surface area contributed by atoms with E-state index in [0.29, 0.717) is 5.92 Å². The Kier molecular flexibility index (Phi) is 2.87. The molecule has 2 nitrogen and oxygen atoms in total. The third-order valence-corrected chi connectivity index (χ3v) is 3.51. The fraction of sp³-hybridized carbons (Fsp3) is 0.333. The van der Waals surface area contributed by atoms with Crippen molar-refractivity contribution in [2.75, 3.05) is 0 Å². The van der Waals surface area contributed by atoms with Gasteiger partial charge in [0.05, 0.1) is 0 Å². The van der Waals surface area contributed by atoms with E-state index in [1.54, 1.807) is 0 Å². The van der Waals surface area contributed by atoms with Crippen LogP contribution in [0.4, 0.5) is 0 Å². The standard InChI is InChI=1S/C15H16N2/c1-2-14(11-17-7-1)15(13-3-4-13)10-12-5-8-16-9-6-12/h1-2,5-9,11,13,15H,3-4,10H2. The van der Waals surface area contributed by atoms with E-state index >= 15 is 0 Å². The minimum atomic E-state index is 0.631. The molecule has 2 heteroatoms. The SMILES string of the molecule is c1cncc(C(Cc2ccncc2)C2CC2)c1. The minimum Gasteiger partial charge on any atom is -0.265 e. The molecule has 0 bridgehead atoms. The second kappa shape index (κ2) is 4.66. The molecule has 17 heavy (non-hydrogen) atoms. The number of hydrogen-bond acceptors (Lipinski definition) is 2. The Bertz CT molecular complexity index is 463. The molecule has 0 radical (unpaired) electrons. The number of aromatic nitrogens is 2.